The topological polar surface area (TPSA) is 57.3 Å². The Morgan fingerprint density at radius 3 is 3.16 bits per heavy atom. The maximum absolute atomic E-state index is 12.1. The number of aromatic nitrogens is 1. The summed E-state index contributed by atoms with van der Waals surface area (Å²) in [5.74, 6) is 0.107. The number of likely N-dealkylation sites (N-methyl/N-ethyl adjacent to an activating group) is 1. The lowest BCUT2D eigenvalue weighted by Gasteiger charge is -2.35. The van der Waals surface area contributed by atoms with Crippen LogP contribution in [0.25, 0.3) is 0 Å². The maximum Gasteiger partial charge on any atom is 0.238 e. The number of carbonyl (C=O) groups is 1. The van der Waals surface area contributed by atoms with Crippen molar-refractivity contribution in [3.63, 3.8) is 0 Å². The van der Waals surface area contributed by atoms with Gasteiger partial charge in [0.15, 0.2) is 0 Å². The van der Waals surface area contributed by atoms with E-state index in [0.29, 0.717) is 13.1 Å². The van der Waals surface area contributed by atoms with Crippen molar-refractivity contribution in [3.8, 4) is 0 Å². The highest BCUT2D eigenvalue weighted by Crippen LogP contribution is 2.11. The number of piperazine rings is 1. The van der Waals surface area contributed by atoms with Crippen LogP contribution < -0.4 is 10.6 Å². The van der Waals surface area contributed by atoms with Gasteiger partial charge in [0.1, 0.15) is 6.04 Å². The first-order valence-corrected chi connectivity index (χ1v) is 6.83. The number of amides is 1. The molecule has 1 aromatic rings. The van der Waals surface area contributed by atoms with Crippen molar-refractivity contribution >= 4 is 5.91 Å². The zero-order chi connectivity index (χ0) is 13.7. The third kappa shape index (κ3) is 3.75. The molecule has 5 nitrogen and oxygen atoms in total. The highest BCUT2D eigenvalue weighted by Gasteiger charge is 2.28. The zero-order valence-electron chi connectivity index (χ0n) is 11.6. The fraction of sp³-hybridized carbons (Fsp3) is 0.571. The Morgan fingerprint density at radius 2 is 2.42 bits per heavy atom. The summed E-state index contributed by atoms with van der Waals surface area (Å²) in [4.78, 5) is 18.5. The molecular formula is C14H22N4O. The molecule has 104 valence electrons. The highest BCUT2D eigenvalue weighted by atomic mass is 16.2. The van der Waals surface area contributed by atoms with Gasteiger partial charge in [0.2, 0.25) is 5.91 Å². The van der Waals surface area contributed by atoms with Gasteiger partial charge in [0.05, 0.1) is 0 Å². The lowest BCUT2D eigenvalue weighted by Crippen LogP contribution is -2.57. The molecule has 0 spiro atoms. The predicted octanol–water partition coefficient (Wildman–Crippen LogP) is 0.300. The second-order valence-electron chi connectivity index (χ2n) is 4.96. The molecule has 0 aliphatic carbocycles. The van der Waals surface area contributed by atoms with Crippen LogP contribution in [0.5, 0.6) is 0 Å². The minimum absolute atomic E-state index is 0.0887. The molecule has 2 heterocycles. The van der Waals surface area contributed by atoms with Crippen molar-refractivity contribution in [1.82, 2.24) is 20.5 Å². The molecule has 1 fully saturated rings. The van der Waals surface area contributed by atoms with Crippen LogP contribution in [0.2, 0.25) is 0 Å². The smallest absolute Gasteiger partial charge is 0.238 e. The third-order valence-corrected chi connectivity index (χ3v) is 3.33. The zero-order valence-corrected chi connectivity index (χ0v) is 11.6. The van der Waals surface area contributed by atoms with Gasteiger partial charge < -0.3 is 10.6 Å². The highest BCUT2D eigenvalue weighted by molar-refractivity contribution is 5.82. The summed E-state index contributed by atoms with van der Waals surface area (Å²) in [6, 6.07) is 2.04. The molecule has 1 unspecified atom stereocenters. The van der Waals surface area contributed by atoms with Gasteiger partial charge in [-0.25, -0.2) is 0 Å². The summed E-state index contributed by atoms with van der Waals surface area (Å²) >= 11 is 0. The molecule has 1 saturated heterocycles. The average molecular weight is 262 g/mol. The van der Waals surface area contributed by atoms with Crippen LogP contribution in [0.3, 0.4) is 0 Å². The summed E-state index contributed by atoms with van der Waals surface area (Å²) < 4.78 is 0. The fourth-order valence-corrected chi connectivity index (χ4v) is 2.42. The normalized spacial score (nSPS) is 20.2. The van der Waals surface area contributed by atoms with Crippen LogP contribution in [0.4, 0.5) is 0 Å². The van der Waals surface area contributed by atoms with Crippen molar-refractivity contribution < 1.29 is 4.79 Å². The van der Waals surface area contributed by atoms with E-state index in [9.17, 15) is 4.79 Å². The average Bonchev–Trinajstić information content (AvgIpc) is 2.39. The largest absolute Gasteiger partial charge is 0.355 e. The fourth-order valence-electron chi connectivity index (χ4n) is 2.42. The van der Waals surface area contributed by atoms with Crippen LogP contribution >= 0.6 is 0 Å². The molecule has 1 amide bonds. The van der Waals surface area contributed by atoms with Crippen molar-refractivity contribution in [2.75, 3.05) is 26.2 Å². The lowest BCUT2D eigenvalue weighted by atomic mass is 10.1. The SMILES string of the molecule is CCNC(=O)C1CNCCN1Cc1cncc(C)c1. The van der Waals surface area contributed by atoms with Gasteiger partial charge in [-0.3, -0.25) is 14.7 Å². The molecule has 0 bridgehead atoms. The van der Waals surface area contributed by atoms with E-state index < -0.39 is 0 Å². The minimum atomic E-state index is -0.0887. The van der Waals surface area contributed by atoms with Gasteiger partial charge in [-0.2, -0.15) is 0 Å². The number of rotatable bonds is 4. The number of pyridine rings is 1. The molecule has 2 N–H and O–H groups in total. The Balaban J connectivity index is 2.05. The number of aryl methyl sites for hydroxylation is 1. The maximum atomic E-state index is 12.1. The Morgan fingerprint density at radius 1 is 1.58 bits per heavy atom. The molecule has 19 heavy (non-hydrogen) atoms. The van der Waals surface area contributed by atoms with E-state index in [1.165, 1.54) is 0 Å². The van der Waals surface area contributed by atoms with Gasteiger partial charge in [0.25, 0.3) is 0 Å². The van der Waals surface area contributed by atoms with Crippen molar-refractivity contribution in [2.45, 2.75) is 26.4 Å². The van der Waals surface area contributed by atoms with E-state index in [-0.39, 0.29) is 11.9 Å². The standard InChI is InChI=1S/C14H22N4O/c1-3-17-14(19)13-9-15-4-5-18(13)10-12-6-11(2)7-16-8-12/h6-8,13,15H,3-5,9-10H2,1-2H3,(H,17,19). The van der Waals surface area contributed by atoms with E-state index >= 15 is 0 Å². The molecule has 0 aromatic carbocycles. The van der Waals surface area contributed by atoms with Gasteiger partial charge in [0, 0.05) is 45.1 Å². The van der Waals surface area contributed by atoms with Crippen LogP contribution in [0.15, 0.2) is 18.5 Å². The molecule has 2 rings (SSSR count). The molecule has 1 aromatic heterocycles. The number of carbonyl (C=O) groups excluding carboxylic acids is 1. The van der Waals surface area contributed by atoms with E-state index in [4.69, 9.17) is 0 Å². The Hall–Kier alpha value is -1.46. The molecular weight excluding hydrogens is 240 g/mol. The molecule has 5 heteroatoms. The first-order valence-electron chi connectivity index (χ1n) is 6.83. The van der Waals surface area contributed by atoms with Crippen LogP contribution in [0.1, 0.15) is 18.1 Å². The molecule has 1 aliphatic rings. The third-order valence-electron chi connectivity index (χ3n) is 3.33. The monoisotopic (exact) mass is 262 g/mol. The van der Waals surface area contributed by atoms with Crippen LogP contribution in [0, 0.1) is 6.92 Å². The lowest BCUT2D eigenvalue weighted by molar-refractivity contribution is -0.127. The van der Waals surface area contributed by atoms with Gasteiger partial charge in [-0.1, -0.05) is 6.07 Å². The summed E-state index contributed by atoms with van der Waals surface area (Å²) in [6.45, 7) is 7.96. The summed E-state index contributed by atoms with van der Waals surface area (Å²) in [7, 11) is 0. The molecule has 0 radical (unpaired) electrons. The number of hydrogen-bond acceptors (Lipinski definition) is 4. The summed E-state index contributed by atoms with van der Waals surface area (Å²) in [6.07, 6.45) is 3.73. The van der Waals surface area contributed by atoms with Gasteiger partial charge in [-0.05, 0) is 25.0 Å². The van der Waals surface area contributed by atoms with Crippen LogP contribution in [-0.4, -0.2) is 48.0 Å². The second kappa shape index (κ2) is 6.63. The summed E-state index contributed by atoms with van der Waals surface area (Å²) in [5, 5.41) is 6.19. The van der Waals surface area contributed by atoms with Gasteiger partial charge in [-0.15, -0.1) is 0 Å². The minimum Gasteiger partial charge on any atom is -0.355 e. The quantitative estimate of drug-likeness (QED) is 0.819. The predicted molar refractivity (Wildman–Crippen MR) is 74.7 cm³/mol. The van der Waals surface area contributed by atoms with E-state index in [1.54, 1.807) is 0 Å². The first-order chi connectivity index (χ1) is 9.20. The molecule has 0 saturated carbocycles. The molecule has 1 aliphatic heterocycles. The Labute approximate surface area is 114 Å². The Kier molecular flexibility index (Phi) is 4.87. The number of nitrogens with one attached hydrogen (secondary N) is 2. The van der Waals surface area contributed by atoms with Crippen LogP contribution in [-0.2, 0) is 11.3 Å². The van der Waals surface area contributed by atoms with E-state index in [0.717, 1.165) is 30.8 Å². The van der Waals surface area contributed by atoms with Crippen molar-refractivity contribution in [2.24, 2.45) is 0 Å². The number of hydrogen-bond donors (Lipinski definition) is 2. The van der Waals surface area contributed by atoms with E-state index in [2.05, 4.69) is 26.6 Å². The van der Waals surface area contributed by atoms with Crippen molar-refractivity contribution in [3.05, 3.63) is 29.6 Å². The first kappa shape index (κ1) is 14.0. The number of nitrogens with zero attached hydrogens (tertiary/aromatic N) is 2. The second-order valence-corrected chi connectivity index (χ2v) is 4.96. The van der Waals surface area contributed by atoms with E-state index in [1.807, 2.05) is 26.2 Å². The molecule has 1 atom stereocenters. The summed E-state index contributed by atoms with van der Waals surface area (Å²) in [5.41, 5.74) is 2.32. The van der Waals surface area contributed by atoms with Gasteiger partial charge >= 0.3 is 0 Å². The van der Waals surface area contributed by atoms with Crippen molar-refractivity contribution in [1.29, 1.82) is 0 Å². The Bertz CT molecular complexity index is 435.